The van der Waals surface area contributed by atoms with Crippen molar-refractivity contribution in [2.75, 3.05) is 13.2 Å². The number of hydrogen-bond acceptors (Lipinski definition) is 5. The number of ether oxygens (including phenoxy) is 1. The van der Waals surface area contributed by atoms with Crippen molar-refractivity contribution in [3.63, 3.8) is 0 Å². The van der Waals surface area contributed by atoms with Crippen LogP contribution < -0.4 is 4.72 Å². The highest BCUT2D eigenvalue weighted by molar-refractivity contribution is 7.92. The first-order valence-corrected chi connectivity index (χ1v) is 8.75. The van der Waals surface area contributed by atoms with Crippen molar-refractivity contribution in [1.82, 2.24) is 4.72 Å². The van der Waals surface area contributed by atoms with Crippen LogP contribution >= 0.6 is 22.9 Å². The molecular formula is C11H12ClF2NO4S2. The second-order valence-electron chi connectivity index (χ2n) is 4.50. The highest BCUT2D eigenvalue weighted by Gasteiger charge is 2.49. The summed E-state index contributed by atoms with van der Waals surface area (Å²) in [6, 6.07) is 1.31. The minimum Gasteiger partial charge on any atom is -0.381 e. The summed E-state index contributed by atoms with van der Waals surface area (Å²) in [7, 11) is -4.39. The molecule has 1 fully saturated rings. The van der Waals surface area contributed by atoms with Crippen LogP contribution in [0.3, 0.4) is 0 Å². The van der Waals surface area contributed by atoms with Gasteiger partial charge in [0.25, 0.3) is 10.0 Å². The van der Waals surface area contributed by atoms with Crippen LogP contribution in [-0.4, -0.2) is 33.5 Å². The van der Waals surface area contributed by atoms with E-state index in [-0.39, 0.29) is 35.3 Å². The normalized spacial score (nSPS) is 17.7. The average Bonchev–Trinajstić information content (AvgIpc) is 2.86. The lowest BCUT2D eigenvalue weighted by molar-refractivity contribution is -0.157. The van der Waals surface area contributed by atoms with E-state index in [1.54, 1.807) is 0 Å². The van der Waals surface area contributed by atoms with Gasteiger partial charge in [-0.2, -0.15) is 8.78 Å². The smallest absolute Gasteiger partial charge is 0.328 e. The maximum absolute atomic E-state index is 14.0. The Kier molecular flexibility index (Phi) is 4.86. The summed E-state index contributed by atoms with van der Waals surface area (Å²) < 4.78 is 57.8. The molecule has 2 rings (SSSR count). The third kappa shape index (κ3) is 3.53. The van der Waals surface area contributed by atoms with Crippen LogP contribution in [0.15, 0.2) is 15.7 Å². The fourth-order valence-corrected chi connectivity index (χ4v) is 4.63. The lowest BCUT2D eigenvalue weighted by atomic mass is 9.92. The van der Waals surface area contributed by atoms with Crippen LogP contribution in [0.25, 0.3) is 0 Å². The molecule has 0 saturated carbocycles. The van der Waals surface area contributed by atoms with Gasteiger partial charge in [0.15, 0.2) is 4.21 Å². The molecule has 1 aliphatic heterocycles. The van der Waals surface area contributed by atoms with Crippen molar-refractivity contribution in [2.24, 2.45) is 5.92 Å². The first-order valence-electron chi connectivity index (χ1n) is 6.01. The lowest BCUT2D eigenvalue weighted by Gasteiger charge is -2.28. The van der Waals surface area contributed by atoms with Crippen molar-refractivity contribution in [1.29, 1.82) is 0 Å². The van der Waals surface area contributed by atoms with Gasteiger partial charge in [-0.1, -0.05) is 11.6 Å². The fourth-order valence-electron chi connectivity index (χ4n) is 1.95. The quantitative estimate of drug-likeness (QED) is 0.895. The Balaban J connectivity index is 2.15. The first kappa shape index (κ1) is 16.6. The van der Waals surface area contributed by atoms with Crippen LogP contribution in [0.1, 0.15) is 12.8 Å². The Morgan fingerprint density at radius 2 is 2.05 bits per heavy atom. The number of amides is 1. The zero-order valence-electron chi connectivity index (χ0n) is 10.6. The summed E-state index contributed by atoms with van der Waals surface area (Å²) in [5.41, 5.74) is 0. The maximum atomic E-state index is 14.0. The van der Waals surface area contributed by atoms with Crippen molar-refractivity contribution in [3.8, 4) is 0 Å². The molecule has 21 heavy (non-hydrogen) atoms. The number of thiophene rings is 1. The predicted molar refractivity (Wildman–Crippen MR) is 73.1 cm³/mol. The second-order valence-corrected chi connectivity index (χ2v) is 7.70. The number of sulfonamides is 1. The van der Waals surface area contributed by atoms with E-state index in [9.17, 15) is 22.0 Å². The Labute approximate surface area is 129 Å². The Morgan fingerprint density at radius 3 is 2.57 bits per heavy atom. The van der Waals surface area contributed by atoms with Crippen LogP contribution in [0.2, 0.25) is 5.02 Å². The molecular weight excluding hydrogens is 348 g/mol. The van der Waals surface area contributed by atoms with Crippen molar-refractivity contribution in [2.45, 2.75) is 23.0 Å². The molecule has 0 unspecified atom stereocenters. The molecule has 0 atom stereocenters. The number of carbonyl (C=O) groups excluding carboxylic acids is 1. The van der Waals surface area contributed by atoms with E-state index < -0.39 is 27.8 Å². The van der Waals surface area contributed by atoms with E-state index >= 15 is 0 Å². The van der Waals surface area contributed by atoms with Gasteiger partial charge < -0.3 is 4.74 Å². The number of nitrogens with one attached hydrogen (secondary N) is 1. The van der Waals surface area contributed by atoms with Gasteiger partial charge in [-0.15, -0.1) is 11.3 Å². The van der Waals surface area contributed by atoms with Gasteiger partial charge in [0.1, 0.15) is 0 Å². The minimum absolute atomic E-state index is 0.000224. The standard InChI is InChI=1S/C11H12ClF2NO4S2/c12-8-3-6-20-9(8)21(17,18)15-10(16)11(13,14)7-1-4-19-5-2-7/h3,6-7H,1-2,4-5H2,(H,15,16). The van der Waals surface area contributed by atoms with E-state index in [2.05, 4.69) is 0 Å². The second kappa shape index (κ2) is 6.15. The zero-order chi connectivity index (χ0) is 15.7. The molecule has 0 spiro atoms. The highest BCUT2D eigenvalue weighted by Crippen LogP contribution is 2.34. The average molecular weight is 360 g/mol. The monoisotopic (exact) mass is 359 g/mol. The number of halogens is 3. The molecule has 0 radical (unpaired) electrons. The SMILES string of the molecule is O=C(NS(=O)(=O)c1sccc1Cl)C(F)(F)C1CCOCC1. The highest BCUT2D eigenvalue weighted by atomic mass is 35.5. The largest absolute Gasteiger partial charge is 0.381 e. The van der Waals surface area contributed by atoms with Gasteiger partial charge in [-0.05, 0) is 24.3 Å². The Bertz CT molecular complexity index is 626. The Morgan fingerprint density at radius 1 is 1.43 bits per heavy atom. The van der Waals surface area contributed by atoms with Gasteiger partial charge in [0.05, 0.1) is 5.02 Å². The molecule has 1 aliphatic rings. The van der Waals surface area contributed by atoms with Gasteiger partial charge in [-0.3, -0.25) is 4.79 Å². The van der Waals surface area contributed by atoms with Crippen LogP contribution in [-0.2, 0) is 19.6 Å². The van der Waals surface area contributed by atoms with Crippen LogP contribution in [0.5, 0.6) is 0 Å². The topological polar surface area (TPSA) is 72.5 Å². The van der Waals surface area contributed by atoms with E-state index in [0.717, 1.165) is 11.3 Å². The molecule has 118 valence electrons. The van der Waals surface area contributed by atoms with E-state index in [0.29, 0.717) is 0 Å². The molecule has 1 aromatic heterocycles. The molecule has 10 heteroatoms. The Hall–Kier alpha value is -0.770. The van der Waals surface area contributed by atoms with Crippen molar-refractivity contribution >= 4 is 38.9 Å². The summed E-state index contributed by atoms with van der Waals surface area (Å²) in [6.07, 6.45) is 0.000448. The van der Waals surface area contributed by atoms with Gasteiger partial charge in [0.2, 0.25) is 0 Å². The van der Waals surface area contributed by atoms with E-state index in [1.807, 2.05) is 0 Å². The molecule has 0 bridgehead atoms. The molecule has 2 heterocycles. The summed E-state index contributed by atoms with van der Waals surface area (Å²) in [5, 5.41) is 1.27. The third-order valence-corrected chi connectivity index (χ3v) is 6.45. The third-order valence-electron chi connectivity index (χ3n) is 3.09. The first-order chi connectivity index (χ1) is 9.75. The summed E-state index contributed by atoms with van der Waals surface area (Å²) >= 11 is 6.39. The minimum atomic E-state index is -4.39. The van der Waals surface area contributed by atoms with Gasteiger partial charge in [-0.25, -0.2) is 13.1 Å². The molecule has 0 aromatic carbocycles. The number of hydrogen-bond donors (Lipinski definition) is 1. The van der Waals surface area contributed by atoms with Crippen molar-refractivity contribution in [3.05, 3.63) is 16.5 Å². The molecule has 1 saturated heterocycles. The molecule has 5 nitrogen and oxygen atoms in total. The van der Waals surface area contributed by atoms with E-state index in [1.165, 1.54) is 16.2 Å². The van der Waals surface area contributed by atoms with Gasteiger partial charge >= 0.3 is 11.8 Å². The zero-order valence-corrected chi connectivity index (χ0v) is 13.0. The maximum Gasteiger partial charge on any atom is 0.328 e. The number of carbonyl (C=O) groups is 1. The van der Waals surface area contributed by atoms with E-state index in [4.69, 9.17) is 16.3 Å². The lowest BCUT2D eigenvalue weighted by Crippen LogP contribution is -2.48. The van der Waals surface area contributed by atoms with Crippen molar-refractivity contribution < 1.29 is 26.7 Å². The van der Waals surface area contributed by atoms with Crippen LogP contribution in [0, 0.1) is 5.92 Å². The number of alkyl halides is 2. The summed E-state index contributed by atoms with van der Waals surface area (Å²) in [6.45, 7) is 0.244. The van der Waals surface area contributed by atoms with Gasteiger partial charge in [0, 0.05) is 19.1 Å². The fraction of sp³-hybridized carbons (Fsp3) is 0.545. The molecule has 0 aliphatic carbocycles. The van der Waals surface area contributed by atoms with Crippen LogP contribution in [0.4, 0.5) is 8.78 Å². The summed E-state index contributed by atoms with van der Waals surface area (Å²) in [5.74, 6) is -6.85. The number of rotatable bonds is 4. The predicted octanol–water partition coefficient (Wildman–Crippen LogP) is 2.27. The molecule has 1 amide bonds. The molecule has 1 N–H and O–H groups in total. The summed E-state index contributed by atoms with van der Waals surface area (Å²) in [4.78, 5) is 11.7. The molecule has 1 aromatic rings.